The van der Waals surface area contributed by atoms with Gasteiger partial charge in [-0.15, -0.1) is 0 Å². The first-order valence-electron chi connectivity index (χ1n) is 6.24. The first kappa shape index (κ1) is 13.1. The molecule has 21 heavy (non-hydrogen) atoms. The Labute approximate surface area is 119 Å². The minimum absolute atomic E-state index is 0.0903. The van der Waals surface area contributed by atoms with Gasteiger partial charge < -0.3 is 19.4 Å². The second kappa shape index (κ2) is 4.86. The average Bonchev–Trinajstić information content (AvgIpc) is 2.50. The van der Waals surface area contributed by atoms with E-state index in [1.807, 2.05) is 30.3 Å². The molecule has 0 radical (unpaired) electrons. The van der Waals surface area contributed by atoms with E-state index in [-0.39, 0.29) is 22.1 Å². The van der Waals surface area contributed by atoms with Gasteiger partial charge in [0.1, 0.15) is 16.7 Å². The second-order valence-electron chi connectivity index (χ2n) is 4.49. The fourth-order valence-corrected chi connectivity index (χ4v) is 2.21. The van der Waals surface area contributed by atoms with Crippen LogP contribution in [0.1, 0.15) is 0 Å². The van der Waals surface area contributed by atoms with Gasteiger partial charge in [0.2, 0.25) is 5.75 Å². The van der Waals surface area contributed by atoms with Gasteiger partial charge in [0, 0.05) is 17.7 Å². The summed E-state index contributed by atoms with van der Waals surface area (Å²) < 4.78 is 10.7. The minimum Gasteiger partial charge on any atom is -0.504 e. The lowest BCUT2D eigenvalue weighted by Gasteiger charge is -2.09. The highest BCUT2D eigenvalue weighted by Gasteiger charge is 2.18. The zero-order valence-corrected chi connectivity index (χ0v) is 11.2. The molecular formula is C16H12O5. The molecule has 5 nitrogen and oxygen atoms in total. The zero-order chi connectivity index (χ0) is 15.0. The van der Waals surface area contributed by atoms with Crippen molar-refractivity contribution in [2.24, 2.45) is 0 Å². The van der Waals surface area contributed by atoms with Gasteiger partial charge in [0.05, 0.1) is 7.11 Å². The van der Waals surface area contributed by atoms with Crippen molar-refractivity contribution < 1.29 is 19.4 Å². The summed E-state index contributed by atoms with van der Waals surface area (Å²) in [5.41, 5.74) is 0.527. The first-order chi connectivity index (χ1) is 10.1. The molecule has 0 spiro atoms. The highest BCUT2D eigenvalue weighted by molar-refractivity contribution is 5.89. The molecule has 0 aliphatic heterocycles. The van der Waals surface area contributed by atoms with Crippen molar-refractivity contribution in [2.45, 2.75) is 0 Å². The van der Waals surface area contributed by atoms with Crippen molar-refractivity contribution in [3.05, 3.63) is 52.7 Å². The molecule has 0 saturated heterocycles. The van der Waals surface area contributed by atoms with Gasteiger partial charge in [0.15, 0.2) is 16.9 Å². The van der Waals surface area contributed by atoms with Gasteiger partial charge >= 0.3 is 0 Å². The van der Waals surface area contributed by atoms with E-state index in [2.05, 4.69) is 0 Å². The number of ether oxygens (including phenoxy) is 1. The molecular weight excluding hydrogens is 272 g/mol. The lowest BCUT2D eigenvalue weighted by molar-refractivity contribution is 0.353. The van der Waals surface area contributed by atoms with Crippen LogP contribution in [0.4, 0.5) is 0 Å². The molecule has 0 saturated carbocycles. The minimum atomic E-state index is -0.482. The fourth-order valence-electron chi connectivity index (χ4n) is 2.21. The number of hydrogen-bond donors (Lipinski definition) is 2. The summed E-state index contributed by atoms with van der Waals surface area (Å²) in [5, 5.41) is 19.5. The standard InChI is InChI=1S/C16H12O5/c1-20-16-14-10(17)7-12(9-5-3-2-4-6-9)21-13(14)8-11(18)15(16)19/h2-8,18-19H,1H3. The molecule has 0 bridgehead atoms. The molecule has 0 unspecified atom stereocenters. The van der Waals surface area contributed by atoms with Crippen molar-refractivity contribution in [1.29, 1.82) is 0 Å². The second-order valence-corrected chi connectivity index (χ2v) is 4.49. The van der Waals surface area contributed by atoms with Crippen LogP contribution in [0.5, 0.6) is 17.2 Å². The molecule has 0 aliphatic carbocycles. The number of benzene rings is 2. The maximum atomic E-state index is 12.3. The van der Waals surface area contributed by atoms with Crippen molar-refractivity contribution >= 4 is 11.0 Å². The SMILES string of the molecule is COc1c(O)c(O)cc2oc(-c3ccccc3)cc(=O)c12. The molecule has 3 aromatic rings. The lowest BCUT2D eigenvalue weighted by Crippen LogP contribution is -2.03. The summed E-state index contributed by atoms with van der Waals surface area (Å²) in [7, 11) is 1.30. The van der Waals surface area contributed by atoms with Crippen molar-refractivity contribution in [1.82, 2.24) is 0 Å². The molecule has 0 amide bonds. The number of phenols is 2. The van der Waals surface area contributed by atoms with E-state index >= 15 is 0 Å². The van der Waals surface area contributed by atoms with Crippen LogP contribution in [0.2, 0.25) is 0 Å². The third-order valence-corrected chi connectivity index (χ3v) is 3.19. The predicted octanol–water partition coefficient (Wildman–Crippen LogP) is 2.88. The van der Waals surface area contributed by atoms with E-state index in [9.17, 15) is 15.0 Å². The Balaban J connectivity index is 2.36. The number of methoxy groups -OCH3 is 1. The number of rotatable bonds is 2. The smallest absolute Gasteiger partial charge is 0.201 e. The van der Waals surface area contributed by atoms with E-state index in [1.165, 1.54) is 19.2 Å². The Morgan fingerprint density at radius 3 is 2.48 bits per heavy atom. The quantitative estimate of drug-likeness (QED) is 0.707. The molecule has 106 valence electrons. The van der Waals surface area contributed by atoms with E-state index in [0.717, 1.165) is 5.56 Å². The molecule has 0 fully saturated rings. The zero-order valence-electron chi connectivity index (χ0n) is 11.2. The Kier molecular flexibility index (Phi) is 3.02. The average molecular weight is 284 g/mol. The van der Waals surface area contributed by atoms with Gasteiger partial charge in [-0.3, -0.25) is 4.79 Å². The summed E-state index contributed by atoms with van der Waals surface area (Å²) in [4.78, 5) is 12.3. The van der Waals surface area contributed by atoms with Gasteiger partial charge in [0.25, 0.3) is 0 Å². The fraction of sp³-hybridized carbons (Fsp3) is 0.0625. The van der Waals surface area contributed by atoms with Crippen molar-refractivity contribution in [2.75, 3.05) is 7.11 Å². The normalized spacial score (nSPS) is 10.7. The summed E-state index contributed by atoms with van der Waals surface area (Å²) in [6.07, 6.45) is 0. The van der Waals surface area contributed by atoms with Gasteiger partial charge in [-0.25, -0.2) is 0 Å². The highest BCUT2D eigenvalue weighted by Crippen LogP contribution is 2.41. The molecule has 0 aliphatic rings. The molecule has 2 N–H and O–H groups in total. The summed E-state index contributed by atoms with van der Waals surface area (Å²) in [6.45, 7) is 0. The number of phenolic OH excluding ortho intramolecular Hbond substituents is 2. The van der Waals surface area contributed by atoms with Crippen molar-refractivity contribution in [3.8, 4) is 28.6 Å². The van der Waals surface area contributed by atoms with Crippen LogP contribution in [0.3, 0.4) is 0 Å². The largest absolute Gasteiger partial charge is 0.504 e. The first-order valence-corrected chi connectivity index (χ1v) is 6.24. The summed E-state index contributed by atoms with van der Waals surface area (Å²) in [6, 6.07) is 11.7. The summed E-state index contributed by atoms with van der Waals surface area (Å²) in [5.74, 6) is -0.615. The van der Waals surface area contributed by atoms with Crippen LogP contribution in [-0.4, -0.2) is 17.3 Å². The van der Waals surface area contributed by atoms with Crippen LogP contribution >= 0.6 is 0 Å². The van der Waals surface area contributed by atoms with Crippen LogP contribution in [0.25, 0.3) is 22.3 Å². The summed E-state index contributed by atoms with van der Waals surface area (Å²) >= 11 is 0. The lowest BCUT2D eigenvalue weighted by atomic mass is 10.1. The molecule has 2 aromatic carbocycles. The molecule has 1 heterocycles. The Morgan fingerprint density at radius 2 is 1.81 bits per heavy atom. The third kappa shape index (κ3) is 2.08. The van der Waals surface area contributed by atoms with E-state index in [4.69, 9.17) is 9.15 Å². The Bertz CT molecular complexity index is 865. The highest BCUT2D eigenvalue weighted by atomic mass is 16.5. The van der Waals surface area contributed by atoms with Crippen LogP contribution in [-0.2, 0) is 0 Å². The molecule has 5 heteroatoms. The van der Waals surface area contributed by atoms with E-state index in [0.29, 0.717) is 5.76 Å². The maximum Gasteiger partial charge on any atom is 0.201 e. The molecule has 3 rings (SSSR count). The van der Waals surface area contributed by atoms with Crippen molar-refractivity contribution in [3.63, 3.8) is 0 Å². The van der Waals surface area contributed by atoms with Gasteiger partial charge in [-0.2, -0.15) is 0 Å². The monoisotopic (exact) mass is 284 g/mol. The van der Waals surface area contributed by atoms with Gasteiger partial charge in [-0.1, -0.05) is 30.3 Å². The number of aromatic hydroxyl groups is 2. The Hall–Kier alpha value is -2.95. The van der Waals surface area contributed by atoms with E-state index < -0.39 is 11.5 Å². The van der Waals surface area contributed by atoms with E-state index in [1.54, 1.807) is 0 Å². The van der Waals surface area contributed by atoms with Crippen LogP contribution in [0.15, 0.2) is 51.7 Å². The predicted molar refractivity (Wildman–Crippen MR) is 77.8 cm³/mol. The Morgan fingerprint density at radius 1 is 1.10 bits per heavy atom. The number of fused-ring (bicyclic) bond motifs is 1. The topological polar surface area (TPSA) is 79.9 Å². The number of hydrogen-bond acceptors (Lipinski definition) is 5. The maximum absolute atomic E-state index is 12.3. The molecule has 0 atom stereocenters. The van der Waals surface area contributed by atoms with Crippen LogP contribution in [0, 0.1) is 0 Å². The molecule has 1 aromatic heterocycles. The van der Waals surface area contributed by atoms with Crippen LogP contribution < -0.4 is 10.2 Å². The third-order valence-electron chi connectivity index (χ3n) is 3.19. The van der Waals surface area contributed by atoms with Gasteiger partial charge in [-0.05, 0) is 0 Å².